The molecule has 0 saturated heterocycles. The van der Waals surface area contributed by atoms with E-state index in [1.165, 1.54) is 40.4 Å². The predicted octanol–water partition coefficient (Wildman–Crippen LogP) is 6.99. The minimum atomic E-state index is -4.29. The first kappa shape index (κ1) is 30.1. The number of nitrogens with zero attached hydrogens (tertiary/aromatic N) is 2. The van der Waals surface area contributed by atoms with Crippen molar-refractivity contribution >= 4 is 84.8 Å². The Kier molecular flexibility index (Phi) is 8.18. The van der Waals surface area contributed by atoms with E-state index in [4.69, 9.17) is 33.9 Å². The standard InChI is InChI=1S/C14H9Cl2NO4S2.C14H10ClNO2S/c15-11-7-6-10-8-14(22(16,18)19)17(13(10)9-11)23(20,21)12-4-2-1-3-5-12;15-12-7-6-11-8-9-16(14(11)10-12)19(17,18)13-4-2-1-3-5-13/h1-9H;1-10H. The van der Waals surface area contributed by atoms with Gasteiger partial charge in [-0.15, -0.1) is 0 Å². The lowest BCUT2D eigenvalue weighted by atomic mass is 10.2. The molecule has 0 saturated carbocycles. The Bertz CT molecular complexity index is 2270. The average Bonchev–Trinajstić information content (AvgIpc) is 3.56. The first-order valence-electron chi connectivity index (χ1n) is 11.9. The van der Waals surface area contributed by atoms with Crippen LogP contribution in [0.5, 0.6) is 0 Å². The molecule has 2 heterocycles. The molecular formula is C28H19Cl3N2O6S3. The number of hydrogen-bond acceptors (Lipinski definition) is 6. The second-order valence-electron chi connectivity index (χ2n) is 8.84. The summed E-state index contributed by atoms with van der Waals surface area (Å²) < 4.78 is 76.5. The predicted molar refractivity (Wildman–Crippen MR) is 165 cm³/mol. The van der Waals surface area contributed by atoms with E-state index in [2.05, 4.69) is 0 Å². The van der Waals surface area contributed by atoms with Crippen molar-refractivity contribution in [3.8, 4) is 0 Å². The molecule has 2 aromatic heterocycles. The van der Waals surface area contributed by atoms with Crippen LogP contribution in [0.25, 0.3) is 21.8 Å². The van der Waals surface area contributed by atoms with Gasteiger partial charge in [0.2, 0.25) is 0 Å². The third kappa shape index (κ3) is 5.81. The van der Waals surface area contributed by atoms with Gasteiger partial charge in [0.05, 0.1) is 20.8 Å². The Labute approximate surface area is 256 Å². The van der Waals surface area contributed by atoms with Crippen molar-refractivity contribution in [2.24, 2.45) is 0 Å². The van der Waals surface area contributed by atoms with Crippen LogP contribution in [0.2, 0.25) is 10.0 Å². The van der Waals surface area contributed by atoms with Crippen LogP contribution in [0.3, 0.4) is 0 Å². The monoisotopic (exact) mass is 680 g/mol. The molecule has 8 nitrogen and oxygen atoms in total. The van der Waals surface area contributed by atoms with Crippen LogP contribution in [0, 0.1) is 0 Å². The van der Waals surface area contributed by atoms with E-state index in [0.29, 0.717) is 19.9 Å². The summed E-state index contributed by atoms with van der Waals surface area (Å²) in [6, 6.07) is 28.4. The van der Waals surface area contributed by atoms with E-state index in [-0.39, 0.29) is 20.3 Å². The van der Waals surface area contributed by atoms with Crippen LogP contribution in [-0.2, 0) is 29.1 Å². The lowest BCUT2D eigenvalue weighted by molar-refractivity contribution is 0.578. The van der Waals surface area contributed by atoms with Crippen LogP contribution < -0.4 is 0 Å². The molecule has 0 aliphatic carbocycles. The van der Waals surface area contributed by atoms with Gasteiger partial charge in [0.15, 0.2) is 5.03 Å². The van der Waals surface area contributed by atoms with E-state index in [9.17, 15) is 25.3 Å². The number of benzene rings is 4. The van der Waals surface area contributed by atoms with Crippen molar-refractivity contribution in [1.82, 2.24) is 7.94 Å². The van der Waals surface area contributed by atoms with Crippen molar-refractivity contribution in [2.75, 3.05) is 0 Å². The van der Waals surface area contributed by atoms with Crippen molar-refractivity contribution in [3.63, 3.8) is 0 Å². The summed E-state index contributed by atoms with van der Waals surface area (Å²) in [5, 5.41) is 1.49. The first-order chi connectivity index (χ1) is 19.8. The molecular weight excluding hydrogens is 663 g/mol. The summed E-state index contributed by atoms with van der Waals surface area (Å²) in [7, 11) is -6.60. The Morgan fingerprint density at radius 1 is 0.524 bits per heavy atom. The van der Waals surface area contributed by atoms with Crippen LogP contribution in [0.1, 0.15) is 0 Å². The molecule has 0 radical (unpaired) electrons. The molecule has 0 aliphatic heterocycles. The van der Waals surface area contributed by atoms with Crippen molar-refractivity contribution in [2.45, 2.75) is 14.8 Å². The molecule has 4 aromatic carbocycles. The van der Waals surface area contributed by atoms with Crippen LogP contribution in [-0.4, -0.2) is 33.2 Å². The highest BCUT2D eigenvalue weighted by Crippen LogP contribution is 2.32. The van der Waals surface area contributed by atoms with Gasteiger partial charge in [-0.25, -0.2) is 33.2 Å². The topological polar surface area (TPSA) is 112 Å². The molecule has 0 spiro atoms. The SMILES string of the molecule is O=S(=O)(Cl)c1cc2ccc(Cl)cc2n1S(=O)(=O)c1ccccc1.O=S(=O)(c1ccccc1)n1ccc2ccc(Cl)cc21. The fraction of sp³-hybridized carbons (Fsp3) is 0. The average molecular weight is 682 g/mol. The zero-order chi connectivity index (χ0) is 30.3. The van der Waals surface area contributed by atoms with Gasteiger partial charge in [0, 0.05) is 37.7 Å². The molecule has 6 rings (SSSR count). The second-order valence-corrected chi connectivity index (χ2v) is 15.8. The van der Waals surface area contributed by atoms with Gasteiger partial charge in [-0.1, -0.05) is 71.7 Å². The molecule has 0 N–H and O–H groups in total. The third-order valence-corrected chi connectivity index (χ3v) is 11.4. The van der Waals surface area contributed by atoms with Gasteiger partial charge in [0.1, 0.15) is 0 Å². The van der Waals surface area contributed by atoms with Gasteiger partial charge in [-0.05, 0) is 60.7 Å². The summed E-state index contributed by atoms with van der Waals surface area (Å²) in [6.45, 7) is 0. The first-order valence-corrected chi connectivity index (χ1v) is 17.9. The fourth-order valence-corrected chi connectivity index (χ4v) is 8.97. The molecule has 0 fully saturated rings. The minimum Gasteiger partial charge on any atom is -0.241 e. The summed E-state index contributed by atoms with van der Waals surface area (Å²) in [5.41, 5.74) is 0.719. The zero-order valence-corrected chi connectivity index (χ0v) is 25.9. The van der Waals surface area contributed by atoms with Crippen molar-refractivity contribution in [1.29, 1.82) is 0 Å². The molecule has 14 heteroatoms. The molecule has 0 amide bonds. The highest BCUT2D eigenvalue weighted by molar-refractivity contribution is 8.14. The lowest BCUT2D eigenvalue weighted by Gasteiger charge is -2.10. The van der Waals surface area contributed by atoms with Crippen LogP contribution in [0.4, 0.5) is 0 Å². The highest BCUT2D eigenvalue weighted by Gasteiger charge is 2.28. The van der Waals surface area contributed by atoms with Gasteiger partial charge < -0.3 is 0 Å². The fourth-order valence-electron chi connectivity index (χ4n) is 4.23. The molecule has 0 bridgehead atoms. The van der Waals surface area contributed by atoms with E-state index in [1.54, 1.807) is 79.0 Å². The largest absolute Gasteiger partial charge is 0.277 e. The number of halogens is 3. The van der Waals surface area contributed by atoms with Gasteiger partial charge in [-0.3, -0.25) is 0 Å². The third-order valence-electron chi connectivity index (χ3n) is 6.14. The quantitative estimate of drug-likeness (QED) is 0.181. The van der Waals surface area contributed by atoms with E-state index < -0.39 is 34.1 Å². The van der Waals surface area contributed by atoms with Gasteiger partial charge >= 0.3 is 0 Å². The normalized spacial score (nSPS) is 12.3. The van der Waals surface area contributed by atoms with E-state index >= 15 is 0 Å². The maximum atomic E-state index is 12.9. The van der Waals surface area contributed by atoms with Crippen LogP contribution >= 0.6 is 33.9 Å². The van der Waals surface area contributed by atoms with Crippen molar-refractivity contribution < 1.29 is 25.3 Å². The molecule has 0 aliphatic rings. The van der Waals surface area contributed by atoms with E-state index in [1.807, 2.05) is 0 Å². The minimum absolute atomic E-state index is 0.0564. The molecule has 0 unspecified atom stereocenters. The van der Waals surface area contributed by atoms with Gasteiger partial charge in [0.25, 0.3) is 29.1 Å². The Morgan fingerprint density at radius 3 is 1.57 bits per heavy atom. The second kappa shape index (κ2) is 11.4. The molecule has 216 valence electrons. The Morgan fingerprint density at radius 2 is 1.02 bits per heavy atom. The van der Waals surface area contributed by atoms with E-state index in [0.717, 1.165) is 5.39 Å². The Balaban J connectivity index is 0.000000171. The maximum absolute atomic E-state index is 12.9. The summed E-state index contributed by atoms with van der Waals surface area (Å²) in [6.07, 6.45) is 1.54. The number of hydrogen-bond donors (Lipinski definition) is 0. The number of aromatic nitrogens is 2. The molecule has 0 atom stereocenters. The van der Waals surface area contributed by atoms with Crippen molar-refractivity contribution in [3.05, 3.63) is 125 Å². The van der Waals surface area contributed by atoms with Gasteiger partial charge in [-0.2, -0.15) is 0 Å². The molecule has 6 aromatic rings. The highest BCUT2D eigenvalue weighted by atomic mass is 35.7. The summed E-state index contributed by atoms with van der Waals surface area (Å²) in [4.78, 5) is 0.200. The Hall–Kier alpha value is -3.32. The summed E-state index contributed by atoms with van der Waals surface area (Å²) in [5.74, 6) is 0. The number of rotatable bonds is 5. The number of fused-ring (bicyclic) bond motifs is 2. The zero-order valence-electron chi connectivity index (χ0n) is 21.2. The maximum Gasteiger partial charge on any atom is 0.277 e. The smallest absolute Gasteiger partial charge is 0.241 e. The lowest BCUT2D eigenvalue weighted by Crippen LogP contribution is -2.16. The summed E-state index contributed by atoms with van der Waals surface area (Å²) >= 11 is 11.9. The molecule has 42 heavy (non-hydrogen) atoms. The van der Waals surface area contributed by atoms with Crippen LogP contribution in [0.15, 0.2) is 130 Å².